The molecular weight excluding hydrogens is 334 g/mol. The van der Waals surface area contributed by atoms with Gasteiger partial charge in [-0.05, 0) is 112 Å². The van der Waals surface area contributed by atoms with Crippen LogP contribution in [-0.4, -0.2) is 46.5 Å². The number of piperidine rings is 1. The lowest BCUT2D eigenvalue weighted by Gasteiger charge is -2.60. The van der Waals surface area contributed by atoms with Gasteiger partial charge in [-0.1, -0.05) is 20.3 Å². The summed E-state index contributed by atoms with van der Waals surface area (Å²) in [6, 6.07) is 0.404. The molecule has 1 aliphatic heterocycles. The lowest BCUT2D eigenvalue weighted by atomic mass is 9.45. The van der Waals surface area contributed by atoms with Gasteiger partial charge < -0.3 is 10.2 Å². The molecule has 3 nitrogen and oxygen atoms in total. The summed E-state index contributed by atoms with van der Waals surface area (Å²) in [4.78, 5) is 2.64. The first-order valence-corrected chi connectivity index (χ1v) is 12.0. The van der Waals surface area contributed by atoms with Crippen LogP contribution in [-0.2, 0) is 0 Å². The average molecular weight is 376 g/mol. The second kappa shape index (κ2) is 6.71. The van der Waals surface area contributed by atoms with E-state index in [-0.39, 0.29) is 17.6 Å². The van der Waals surface area contributed by atoms with Crippen molar-refractivity contribution in [3.8, 4) is 0 Å². The third-order valence-corrected chi connectivity index (χ3v) is 10.4. The molecule has 1 heterocycles. The first-order chi connectivity index (χ1) is 12.9. The zero-order valence-electron chi connectivity index (χ0n) is 17.6. The molecule has 0 radical (unpaired) electrons. The monoisotopic (exact) mass is 375 g/mol. The number of aliphatic hydroxyl groups is 2. The first-order valence-electron chi connectivity index (χ1n) is 12.0. The SMILES string of the molecule is C[C@]12CC(O)CCC1CC[C@@H]1[C@H]2CC[C@]2(C)C(O)C(N3CCCCC3)C[C@@H]12. The number of aliphatic hydroxyl groups excluding tert-OH is 2. The summed E-state index contributed by atoms with van der Waals surface area (Å²) in [5.41, 5.74) is 0.468. The fraction of sp³-hybridized carbons (Fsp3) is 1.00. The molecule has 4 saturated carbocycles. The van der Waals surface area contributed by atoms with Crippen molar-refractivity contribution >= 4 is 0 Å². The van der Waals surface area contributed by atoms with Gasteiger partial charge in [0.15, 0.2) is 0 Å². The van der Waals surface area contributed by atoms with E-state index in [0.717, 1.165) is 30.6 Å². The third kappa shape index (κ3) is 2.78. The van der Waals surface area contributed by atoms with Gasteiger partial charge >= 0.3 is 0 Å². The van der Waals surface area contributed by atoms with Gasteiger partial charge in [0, 0.05) is 6.04 Å². The number of rotatable bonds is 1. The molecule has 0 bridgehead atoms. The number of hydrogen-bond acceptors (Lipinski definition) is 3. The Hall–Kier alpha value is -0.120. The van der Waals surface area contributed by atoms with E-state index in [1.807, 2.05) is 0 Å². The van der Waals surface area contributed by atoms with Crippen LogP contribution in [0, 0.1) is 34.5 Å². The van der Waals surface area contributed by atoms with Gasteiger partial charge in [0.05, 0.1) is 12.2 Å². The predicted octanol–water partition coefficient (Wildman–Crippen LogP) is 4.22. The minimum atomic E-state index is -0.135. The van der Waals surface area contributed by atoms with Crippen molar-refractivity contribution in [3.63, 3.8) is 0 Å². The Bertz CT molecular complexity index is 561. The van der Waals surface area contributed by atoms with E-state index in [2.05, 4.69) is 18.7 Å². The van der Waals surface area contributed by atoms with Crippen LogP contribution in [0.3, 0.4) is 0 Å². The van der Waals surface area contributed by atoms with Crippen molar-refractivity contribution < 1.29 is 10.2 Å². The molecule has 5 fully saturated rings. The Morgan fingerprint density at radius 2 is 1.56 bits per heavy atom. The number of hydrogen-bond donors (Lipinski definition) is 2. The lowest BCUT2D eigenvalue weighted by Crippen LogP contribution is -2.55. The first kappa shape index (κ1) is 18.9. The number of nitrogens with zero attached hydrogens (tertiary/aromatic N) is 1. The Kier molecular flexibility index (Phi) is 4.69. The van der Waals surface area contributed by atoms with Gasteiger partial charge in [0.2, 0.25) is 0 Å². The average Bonchev–Trinajstić information content (AvgIpc) is 2.93. The van der Waals surface area contributed by atoms with Crippen molar-refractivity contribution in [1.29, 1.82) is 0 Å². The van der Waals surface area contributed by atoms with Crippen LogP contribution in [0.2, 0.25) is 0 Å². The molecule has 5 rings (SSSR count). The molecular formula is C24H41NO2. The molecule has 3 heteroatoms. The summed E-state index contributed by atoms with van der Waals surface area (Å²) < 4.78 is 0. The zero-order chi connectivity index (χ0) is 18.8. The van der Waals surface area contributed by atoms with Crippen LogP contribution in [0.25, 0.3) is 0 Å². The normalized spacial score (nSPS) is 56.2. The van der Waals surface area contributed by atoms with Crippen LogP contribution < -0.4 is 0 Å². The van der Waals surface area contributed by atoms with Crippen LogP contribution in [0.4, 0.5) is 0 Å². The highest BCUT2D eigenvalue weighted by molar-refractivity contribution is 5.13. The molecule has 0 aromatic heterocycles. The number of fused-ring (bicyclic) bond motifs is 5. The van der Waals surface area contributed by atoms with Crippen LogP contribution in [0.15, 0.2) is 0 Å². The summed E-state index contributed by atoms with van der Waals surface area (Å²) in [7, 11) is 0. The summed E-state index contributed by atoms with van der Waals surface area (Å²) in [5.74, 6) is 3.07. The highest BCUT2D eigenvalue weighted by Crippen LogP contribution is 2.66. The quantitative estimate of drug-likeness (QED) is 0.721. The van der Waals surface area contributed by atoms with Gasteiger partial charge in [-0.25, -0.2) is 0 Å². The molecule has 154 valence electrons. The van der Waals surface area contributed by atoms with E-state index >= 15 is 0 Å². The summed E-state index contributed by atoms with van der Waals surface area (Å²) in [5, 5.41) is 21.9. The van der Waals surface area contributed by atoms with E-state index in [1.54, 1.807) is 0 Å². The van der Waals surface area contributed by atoms with Crippen LogP contribution in [0.1, 0.15) is 84.5 Å². The second-order valence-electron chi connectivity index (χ2n) is 11.5. The Morgan fingerprint density at radius 3 is 2.33 bits per heavy atom. The van der Waals surface area contributed by atoms with E-state index in [1.165, 1.54) is 70.9 Å². The second-order valence-corrected chi connectivity index (χ2v) is 11.5. The molecule has 0 aromatic rings. The smallest absolute Gasteiger partial charge is 0.0751 e. The molecule has 4 aliphatic carbocycles. The van der Waals surface area contributed by atoms with Gasteiger partial charge in [-0.3, -0.25) is 4.90 Å². The molecule has 9 atom stereocenters. The maximum Gasteiger partial charge on any atom is 0.0751 e. The van der Waals surface area contributed by atoms with E-state index < -0.39 is 0 Å². The minimum Gasteiger partial charge on any atom is -0.393 e. The van der Waals surface area contributed by atoms with Crippen LogP contribution in [0.5, 0.6) is 0 Å². The largest absolute Gasteiger partial charge is 0.393 e. The van der Waals surface area contributed by atoms with E-state index in [0.29, 0.717) is 17.4 Å². The van der Waals surface area contributed by atoms with Crippen LogP contribution >= 0.6 is 0 Å². The summed E-state index contributed by atoms with van der Waals surface area (Å²) in [6.45, 7) is 7.34. The molecule has 27 heavy (non-hydrogen) atoms. The van der Waals surface area contributed by atoms with Gasteiger partial charge in [0.1, 0.15) is 0 Å². The van der Waals surface area contributed by atoms with Gasteiger partial charge in [-0.2, -0.15) is 0 Å². The third-order valence-electron chi connectivity index (χ3n) is 10.4. The van der Waals surface area contributed by atoms with Gasteiger partial charge in [0.25, 0.3) is 0 Å². The minimum absolute atomic E-state index is 0.0754. The van der Waals surface area contributed by atoms with Crippen molar-refractivity contribution in [2.24, 2.45) is 34.5 Å². The number of likely N-dealkylation sites (tertiary alicyclic amines) is 1. The Labute approximate surface area is 165 Å². The molecule has 0 spiro atoms. The van der Waals surface area contributed by atoms with Crippen molar-refractivity contribution in [2.45, 2.75) is 103 Å². The summed E-state index contributed by atoms with van der Waals surface area (Å²) >= 11 is 0. The maximum atomic E-state index is 11.4. The molecule has 0 amide bonds. The molecule has 2 N–H and O–H groups in total. The van der Waals surface area contributed by atoms with Crippen molar-refractivity contribution in [2.75, 3.05) is 13.1 Å². The molecule has 5 aliphatic rings. The molecule has 0 aromatic carbocycles. The highest BCUT2D eigenvalue weighted by atomic mass is 16.3. The summed E-state index contributed by atoms with van der Waals surface area (Å²) in [6.07, 6.45) is 13.5. The highest BCUT2D eigenvalue weighted by Gasteiger charge is 2.62. The van der Waals surface area contributed by atoms with E-state index in [9.17, 15) is 10.2 Å². The standard InChI is InChI=1S/C24H41NO2/c1-23-11-10-19-18(9-7-16-6-8-17(26)15-24(16,19)2)20(23)14-21(22(23)27)25-12-4-3-5-13-25/h16-22,26-27H,3-15H2,1-2H3/t16?,17?,18-,19-,20+,21?,22?,23+,24+/m1/s1. The molecule has 1 saturated heterocycles. The van der Waals surface area contributed by atoms with Crippen molar-refractivity contribution in [3.05, 3.63) is 0 Å². The predicted molar refractivity (Wildman–Crippen MR) is 108 cm³/mol. The Morgan fingerprint density at radius 1 is 0.815 bits per heavy atom. The van der Waals surface area contributed by atoms with Gasteiger partial charge in [-0.15, -0.1) is 0 Å². The van der Waals surface area contributed by atoms with E-state index in [4.69, 9.17) is 0 Å². The topological polar surface area (TPSA) is 43.7 Å². The molecule has 4 unspecified atom stereocenters. The lowest BCUT2D eigenvalue weighted by molar-refractivity contribution is -0.138. The Balaban J connectivity index is 1.41. The maximum absolute atomic E-state index is 11.4. The fourth-order valence-corrected chi connectivity index (χ4v) is 8.92. The van der Waals surface area contributed by atoms with Crippen molar-refractivity contribution in [1.82, 2.24) is 4.90 Å². The zero-order valence-corrected chi connectivity index (χ0v) is 17.6. The fourth-order valence-electron chi connectivity index (χ4n) is 8.92.